The average Bonchev–Trinajstić information content (AvgIpc) is 2.48. The molecule has 0 heterocycles. The molecule has 0 aliphatic carbocycles. The maximum Gasteiger partial charge on any atom is 0.0354 e. The van der Waals surface area contributed by atoms with Gasteiger partial charge in [0, 0.05) is 11.6 Å². The summed E-state index contributed by atoms with van der Waals surface area (Å²) in [5.74, 6) is 0. The Morgan fingerprint density at radius 3 is 1.75 bits per heavy atom. The Kier molecular flexibility index (Phi) is 11.5. The standard InChI is InChI=1S/C18H40N2/c1-6-11-12-13-14-15-16-17(19)18(7-2,8-3)20(9-4)10-5/h17H,6-16,19H2,1-5H3. The molecule has 0 aromatic carbocycles. The Bertz CT molecular complexity index is 207. The molecule has 2 N–H and O–H groups in total. The number of nitrogens with two attached hydrogens (primary N) is 1. The third-order valence-corrected chi connectivity index (χ3v) is 5.18. The van der Waals surface area contributed by atoms with Crippen LogP contribution in [0.25, 0.3) is 0 Å². The van der Waals surface area contributed by atoms with Crippen LogP contribution in [-0.4, -0.2) is 29.6 Å². The summed E-state index contributed by atoms with van der Waals surface area (Å²) >= 11 is 0. The predicted molar refractivity (Wildman–Crippen MR) is 92.2 cm³/mol. The summed E-state index contributed by atoms with van der Waals surface area (Å²) in [6, 6.07) is 0.323. The molecule has 0 rings (SSSR count). The number of hydrogen-bond donors (Lipinski definition) is 1. The molecule has 2 heteroatoms. The first kappa shape index (κ1) is 19.9. The van der Waals surface area contributed by atoms with E-state index in [2.05, 4.69) is 39.5 Å². The van der Waals surface area contributed by atoms with Gasteiger partial charge in [-0.3, -0.25) is 4.90 Å². The Morgan fingerprint density at radius 1 is 0.800 bits per heavy atom. The molecule has 0 fully saturated rings. The molecule has 20 heavy (non-hydrogen) atoms. The van der Waals surface area contributed by atoms with Gasteiger partial charge in [0.25, 0.3) is 0 Å². The van der Waals surface area contributed by atoms with Crippen molar-refractivity contribution < 1.29 is 0 Å². The number of nitrogens with zero attached hydrogens (tertiary/aromatic N) is 1. The normalized spacial score (nSPS) is 13.9. The van der Waals surface area contributed by atoms with E-state index in [1.54, 1.807) is 0 Å². The van der Waals surface area contributed by atoms with Gasteiger partial charge in [-0.25, -0.2) is 0 Å². The van der Waals surface area contributed by atoms with Gasteiger partial charge in [-0.15, -0.1) is 0 Å². The predicted octanol–water partition coefficient (Wildman–Crippen LogP) is 4.96. The van der Waals surface area contributed by atoms with Crippen molar-refractivity contribution in [3.63, 3.8) is 0 Å². The van der Waals surface area contributed by atoms with Crippen LogP contribution in [0.4, 0.5) is 0 Å². The van der Waals surface area contributed by atoms with Gasteiger partial charge in [-0.2, -0.15) is 0 Å². The zero-order chi connectivity index (χ0) is 15.4. The van der Waals surface area contributed by atoms with Crippen LogP contribution >= 0.6 is 0 Å². The first-order valence-electron chi connectivity index (χ1n) is 9.13. The molecule has 1 unspecified atom stereocenters. The van der Waals surface area contributed by atoms with Crippen LogP contribution in [0.2, 0.25) is 0 Å². The van der Waals surface area contributed by atoms with E-state index in [0.29, 0.717) is 6.04 Å². The third-order valence-electron chi connectivity index (χ3n) is 5.18. The highest BCUT2D eigenvalue weighted by Crippen LogP contribution is 2.29. The number of rotatable bonds is 13. The highest BCUT2D eigenvalue weighted by Gasteiger charge is 2.37. The van der Waals surface area contributed by atoms with E-state index in [9.17, 15) is 0 Å². The lowest BCUT2D eigenvalue weighted by molar-refractivity contribution is 0.0591. The molecule has 0 radical (unpaired) electrons. The summed E-state index contributed by atoms with van der Waals surface area (Å²) in [6.45, 7) is 13.6. The van der Waals surface area contributed by atoms with E-state index in [4.69, 9.17) is 5.73 Å². The second-order valence-electron chi connectivity index (χ2n) is 6.15. The molecule has 0 aromatic heterocycles. The average molecular weight is 285 g/mol. The van der Waals surface area contributed by atoms with Crippen molar-refractivity contribution in [2.75, 3.05) is 13.1 Å². The number of unbranched alkanes of at least 4 members (excludes halogenated alkanes) is 5. The fourth-order valence-electron chi connectivity index (χ4n) is 3.72. The van der Waals surface area contributed by atoms with Crippen LogP contribution in [0, 0.1) is 0 Å². The van der Waals surface area contributed by atoms with Gasteiger partial charge in [0.2, 0.25) is 0 Å². The fraction of sp³-hybridized carbons (Fsp3) is 1.00. The quantitative estimate of drug-likeness (QED) is 0.484. The molecular weight excluding hydrogens is 244 g/mol. The summed E-state index contributed by atoms with van der Waals surface area (Å²) < 4.78 is 0. The molecule has 122 valence electrons. The van der Waals surface area contributed by atoms with Gasteiger partial charge in [-0.1, -0.05) is 73.1 Å². The van der Waals surface area contributed by atoms with Gasteiger partial charge in [0.1, 0.15) is 0 Å². The minimum atomic E-state index is 0.215. The smallest absolute Gasteiger partial charge is 0.0354 e. The molecule has 0 aromatic rings. The van der Waals surface area contributed by atoms with E-state index in [1.165, 1.54) is 57.8 Å². The molecule has 0 amide bonds. The topological polar surface area (TPSA) is 29.3 Å². The van der Waals surface area contributed by atoms with Crippen molar-refractivity contribution in [1.82, 2.24) is 4.90 Å². The lowest BCUT2D eigenvalue weighted by Crippen LogP contribution is -2.59. The minimum Gasteiger partial charge on any atom is -0.326 e. The van der Waals surface area contributed by atoms with Gasteiger partial charge < -0.3 is 5.73 Å². The Morgan fingerprint density at radius 2 is 1.30 bits per heavy atom. The van der Waals surface area contributed by atoms with Crippen molar-refractivity contribution in [3.05, 3.63) is 0 Å². The highest BCUT2D eigenvalue weighted by molar-refractivity contribution is 4.96. The Balaban J connectivity index is 4.32. The lowest BCUT2D eigenvalue weighted by Gasteiger charge is -2.46. The second-order valence-corrected chi connectivity index (χ2v) is 6.15. The largest absolute Gasteiger partial charge is 0.326 e. The molecule has 0 spiro atoms. The van der Waals surface area contributed by atoms with Crippen molar-refractivity contribution >= 4 is 0 Å². The van der Waals surface area contributed by atoms with Crippen molar-refractivity contribution in [1.29, 1.82) is 0 Å². The van der Waals surface area contributed by atoms with Crippen molar-refractivity contribution in [3.8, 4) is 0 Å². The summed E-state index contributed by atoms with van der Waals surface area (Å²) in [5, 5.41) is 0. The van der Waals surface area contributed by atoms with Gasteiger partial charge in [-0.05, 0) is 32.4 Å². The van der Waals surface area contributed by atoms with Crippen molar-refractivity contribution in [2.45, 2.75) is 104 Å². The maximum atomic E-state index is 6.63. The fourth-order valence-corrected chi connectivity index (χ4v) is 3.72. The summed E-state index contributed by atoms with van der Waals surface area (Å²) in [5.41, 5.74) is 6.84. The summed E-state index contributed by atoms with van der Waals surface area (Å²) in [4.78, 5) is 2.59. The molecule has 0 saturated carbocycles. The van der Waals surface area contributed by atoms with Crippen LogP contribution in [-0.2, 0) is 0 Å². The summed E-state index contributed by atoms with van der Waals surface area (Å²) in [7, 11) is 0. The van der Waals surface area contributed by atoms with E-state index < -0.39 is 0 Å². The van der Waals surface area contributed by atoms with E-state index in [0.717, 1.165) is 13.1 Å². The monoisotopic (exact) mass is 284 g/mol. The van der Waals surface area contributed by atoms with Gasteiger partial charge >= 0.3 is 0 Å². The molecule has 0 aliphatic rings. The highest BCUT2D eigenvalue weighted by atomic mass is 15.2. The summed E-state index contributed by atoms with van der Waals surface area (Å²) in [6.07, 6.45) is 11.7. The third kappa shape index (κ3) is 5.73. The number of hydrogen-bond acceptors (Lipinski definition) is 2. The minimum absolute atomic E-state index is 0.215. The molecule has 0 aliphatic heterocycles. The molecule has 0 saturated heterocycles. The van der Waals surface area contributed by atoms with E-state index >= 15 is 0 Å². The second kappa shape index (κ2) is 11.6. The Hall–Kier alpha value is -0.0800. The van der Waals surface area contributed by atoms with E-state index in [1.807, 2.05) is 0 Å². The lowest BCUT2D eigenvalue weighted by atomic mass is 9.80. The van der Waals surface area contributed by atoms with Gasteiger partial charge in [0.15, 0.2) is 0 Å². The molecule has 0 bridgehead atoms. The van der Waals surface area contributed by atoms with E-state index in [-0.39, 0.29) is 5.54 Å². The zero-order valence-electron chi connectivity index (χ0n) is 14.9. The number of likely N-dealkylation sites (N-methyl/N-ethyl adjacent to an activating group) is 1. The molecule has 1 atom stereocenters. The van der Waals surface area contributed by atoms with Crippen LogP contribution < -0.4 is 5.73 Å². The Labute approximate surface area is 128 Å². The van der Waals surface area contributed by atoms with Crippen LogP contribution in [0.15, 0.2) is 0 Å². The molecule has 2 nitrogen and oxygen atoms in total. The van der Waals surface area contributed by atoms with Crippen LogP contribution in [0.5, 0.6) is 0 Å². The zero-order valence-corrected chi connectivity index (χ0v) is 14.9. The SMILES string of the molecule is CCCCCCCCC(N)C(CC)(CC)N(CC)CC. The first-order chi connectivity index (χ1) is 9.62. The van der Waals surface area contributed by atoms with Crippen LogP contribution in [0.1, 0.15) is 92.4 Å². The maximum absolute atomic E-state index is 6.63. The van der Waals surface area contributed by atoms with Crippen molar-refractivity contribution in [2.24, 2.45) is 5.73 Å². The first-order valence-corrected chi connectivity index (χ1v) is 9.13. The van der Waals surface area contributed by atoms with Gasteiger partial charge in [0.05, 0.1) is 0 Å². The van der Waals surface area contributed by atoms with Crippen LogP contribution in [0.3, 0.4) is 0 Å². The molecular formula is C18H40N2.